The molecular weight excluding hydrogens is 923 g/mol. The molecule has 0 heterocycles. The molecule has 0 fully saturated rings. The number of quaternary nitrogens is 1. The normalized spacial score (nSPS) is 12.8. The van der Waals surface area contributed by atoms with Crippen LogP contribution >= 0.6 is 0 Å². The van der Waals surface area contributed by atoms with E-state index < -0.39 is 24.3 Å². The first kappa shape index (κ1) is 71.8. The van der Waals surface area contributed by atoms with Gasteiger partial charge in [-0.15, -0.1) is 0 Å². The number of carboxylic acids is 1. The second-order valence-corrected chi connectivity index (χ2v) is 23.0. The minimum atomic E-state index is -1.62. The van der Waals surface area contributed by atoms with Gasteiger partial charge in [-0.1, -0.05) is 263 Å². The fourth-order valence-electron chi connectivity index (χ4n) is 9.47. The fraction of sp³-hybridized carbons (Fsp3) is 0.892. The van der Waals surface area contributed by atoms with Crippen LogP contribution in [0.4, 0.5) is 0 Å². The number of carboxylic acid groups (broad SMARTS) is 1. The van der Waals surface area contributed by atoms with E-state index in [9.17, 15) is 19.5 Å². The summed E-state index contributed by atoms with van der Waals surface area (Å²) in [6.45, 7) is 4.75. The van der Waals surface area contributed by atoms with Crippen LogP contribution in [0.3, 0.4) is 0 Å². The van der Waals surface area contributed by atoms with Crippen LogP contribution in [0.2, 0.25) is 0 Å². The van der Waals surface area contributed by atoms with Crippen LogP contribution in [0.25, 0.3) is 0 Å². The number of allylic oxidation sites excluding steroid dienone is 4. The molecule has 0 N–H and O–H groups in total. The molecule has 0 aromatic heterocycles. The highest BCUT2D eigenvalue weighted by Gasteiger charge is 2.22. The summed E-state index contributed by atoms with van der Waals surface area (Å²) >= 11 is 0. The number of aliphatic carboxylic acids is 1. The second-order valence-electron chi connectivity index (χ2n) is 23.0. The molecule has 0 bridgehead atoms. The zero-order valence-corrected chi connectivity index (χ0v) is 49.7. The van der Waals surface area contributed by atoms with Crippen LogP contribution in [0.15, 0.2) is 24.3 Å². The lowest BCUT2D eigenvalue weighted by atomic mass is 10.0. The van der Waals surface area contributed by atoms with Gasteiger partial charge in [0.2, 0.25) is 0 Å². The molecule has 0 saturated carbocycles. The summed E-state index contributed by atoms with van der Waals surface area (Å²) in [5.41, 5.74) is 0. The third-order valence-electron chi connectivity index (χ3n) is 14.4. The van der Waals surface area contributed by atoms with Crippen molar-refractivity contribution in [2.24, 2.45) is 0 Å². The summed E-state index contributed by atoms with van der Waals surface area (Å²) in [6, 6.07) is 0. The molecule has 0 amide bonds. The third kappa shape index (κ3) is 57.5. The van der Waals surface area contributed by atoms with E-state index in [-0.39, 0.29) is 38.6 Å². The van der Waals surface area contributed by atoms with Crippen molar-refractivity contribution >= 4 is 17.9 Å². The van der Waals surface area contributed by atoms with Gasteiger partial charge in [-0.3, -0.25) is 9.59 Å². The van der Waals surface area contributed by atoms with Crippen LogP contribution < -0.4 is 5.11 Å². The number of esters is 2. The minimum Gasteiger partial charge on any atom is -0.545 e. The average Bonchev–Trinajstić information content (AvgIpc) is 3.37. The monoisotopic (exact) mass is 1050 g/mol. The summed E-state index contributed by atoms with van der Waals surface area (Å²) in [7, 11) is 5.93. The number of rotatable bonds is 60. The second kappa shape index (κ2) is 57.0. The van der Waals surface area contributed by atoms with E-state index in [0.29, 0.717) is 11.0 Å². The molecule has 2 unspecified atom stereocenters. The van der Waals surface area contributed by atoms with Crippen molar-refractivity contribution in [1.29, 1.82) is 0 Å². The van der Waals surface area contributed by atoms with E-state index >= 15 is 0 Å². The lowest BCUT2D eigenvalue weighted by molar-refractivity contribution is -0.870. The Balaban J connectivity index is 3.92. The molecule has 0 radical (unpaired) electrons. The third-order valence-corrected chi connectivity index (χ3v) is 14.4. The van der Waals surface area contributed by atoms with Crippen molar-refractivity contribution in [3.05, 3.63) is 24.3 Å². The Morgan fingerprint density at radius 3 is 1.03 bits per heavy atom. The molecule has 0 aromatic rings. The van der Waals surface area contributed by atoms with E-state index in [4.69, 9.17) is 18.9 Å². The van der Waals surface area contributed by atoms with Crippen molar-refractivity contribution in [3.63, 3.8) is 0 Å². The number of carbonyl (C=O) groups is 3. The minimum absolute atomic E-state index is 0.149. The van der Waals surface area contributed by atoms with E-state index in [1.165, 1.54) is 231 Å². The van der Waals surface area contributed by atoms with Gasteiger partial charge >= 0.3 is 11.9 Å². The Morgan fingerprint density at radius 1 is 0.392 bits per heavy atom. The van der Waals surface area contributed by atoms with E-state index in [1.807, 2.05) is 21.1 Å². The summed E-state index contributed by atoms with van der Waals surface area (Å²) in [5, 5.41) is 11.8. The first-order chi connectivity index (χ1) is 36.1. The van der Waals surface area contributed by atoms with Gasteiger partial charge in [0, 0.05) is 12.8 Å². The first-order valence-electron chi connectivity index (χ1n) is 32.0. The van der Waals surface area contributed by atoms with Crippen LogP contribution in [0.5, 0.6) is 0 Å². The highest BCUT2D eigenvalue weighted by molar-refractivity contribution is 5.70. The average molecular weight is 1050 g/mol. The van der Waals surface area contributed by atoms with Gasteiger partial charge in [-0.25, -0.2) is 0 Å². The molecule has 9 nitrogen and oxygen atoms in total. The molecule has 0 rings (SSSR count). The largest absolute Gasteiger partial charge is 0.545 e. The van der Waals surface area contributed by atoms with Gasteiger partial charge in [0.05, 0.1) is 40.3 Å². The maximum Gasteiger partial charge on any atom is 0.306 e. The van der Waals surface area contributed by atoms with E-state index in [1.54, 1.807) is 0 Å². The van der Waals surface area contributed by atoms with Gasteiger partial charge < -0.3 is 33.3 Å². The van der Waals surface area contributed by atoms with Gasteiger partial charge in [0.15, 0.2) is 12.4 Å². The molecule has 9 heteroatoms. The van der Waals surface area contributed by atoms with Gasteiger partial charge in [-0.05, 0) is 64.2 Å². The Bertz CT molecular complexity index is 1260. The predicted octanol–water partition coefficient (Wildman–Crippen LogP) is 17.7. The molecular formula is C65H123NO8. The summed E-state index contributed by atoms with van der Waals surface area (Å²) in [5.74, 6) is -2.28. The Morgan fingerprint density at radius 2 is 0.689 bits per heavy atom. The summed E-state index contributed by atoms with van der Waals surface area (Å²) < 4.78 is 22.7. The SMILES string of the molecule is CCCCC/C=C\CCCCCCCC(=O)OCC(COC(OCC[N+](C)(C)C)C(=O)[O-])OC(=O)CCCCCCCCCCCCCCCCCCCCCCCCCCC/C=C\CCCCCCCCCC. The first-order valence-corrected chi connectivity index (χ1v) is 32.0. The fourth-order valence-corrected chi connectivity index (χ4v) is 9.47. The standard InChI is InChI=1S/C65H123NO8/c1-6-8-10-12-14-16-18-20-21-22-23-24-25-26-27-28-29-30-31-32-33-34-35-36-37-38-39-40-41-42-43-44-46-48-50-52-54-56-63(68)74-61(60-73-65(64(69)70)71-58-57-66(3,4)5)59-72-62(67)55-53-51-49-47-45-19-17-15-13-11-9-7-2/h15,17,22-23,61,65H,6-14,16,18-21,24-60H2,1-5H3/b17-15-,23-22-. The number of nitrogens with zero attached hydrogens (tertiary/aromatic N) is 1. The number of unbranched alkanes of at least 4 members (excludes halogenated alkanes) is 41. The zero-order valence-electron chi connectivity index (χ0n) is 49.7. The zero-order chi connectivity index (χ0) is 54.1. The lowest BCUT2D eigenvalue weighted by Gasteiger charge is -2.26. The quantitative estimate of drug-likeness (QED) is 0.0195. The van der Waals surface area contributed by atoms with Crippen molar-refractivity contribution in [1.82, 2.24) is 0 Å². The molecule has 436 valence electrons. The maximum absolute atomic E-state index is 12.9. The van der Waals surface area contributed by atoms with Crippen LogP contribution in [0, 0.1) is 0 Å². The van der Waals surface area contributed by atoms with Crippen LogP contribution in [0.1, 0.15) is 316 Å². The molecule has 0 spiro atoms. The molecule has 0 saturated heterocycles. The smallest absolute Gasteiger partial charge is 0.306 e. The van der Waals surface area contributed by atoms with Gasteiger partial charge in [0.25, 0.3) is 0 Å². The molecule has 74 heavy (non-hydrogen) atoms. The van der Waals surface area contributed by atoms with Crippen molar-refractivity contribution in [3.8, 4) is 0 Å². The van der Waals surface area contributed by atoms with Gasteiger partial charge in [-0.2, -0.15) is 0 Å². The number of hydrogen-bond donors (Lipinski definition) is 0. The summed E-state index contributed by atoms with van der Waals surface area (Å²) in [4.78, 5) is 37.2. The number of likely N-dealkylation sites (N-methyl/N-ethyl adjacent to an activating group) is 1. The molecule has 0 aliphatic carbocycles. The summed E-state index contributed by atoms with van der Waals surface area (Å²) in [6.07, 6.45) is 65.6. The highest BCUT2D eigenvalue weighted by Crippen LogP contribution is 2.18. The lowest BCUT2D eigenvalue weighted by Crippen LogP contribution is -2.44. The molecule has 0 aliphatic heterocycles. The number of ether oxygens (including phenoxy) is 4. The molecule has 0 aliphatic rings. The predicted molar refractivity (Wildman–Crippen MR) is 311 cm³/mol. The van der Waals surface area contributed by atoms with Crippen molar-refractivity contribution in [2.75, 3.05) is 47.5 Å². The Labute approximate surface area is 458 Å². The van der Waals surface area contributed by atoms with Crippen LogP contribution in [-0.2, 0) is 33.3 Å². The molecule has 0 aromatic carbocycles. The maximum atomic E-state index is 12.9. The van der Waals surface area contributed by atoms with Gasteiger partial charge in [0.1, 0.15) is 13.2 Å². The topological polar surface area (TPSA) is 111 Å². The number of hydrogen-bond acceptors (Lipinski definition) is 8. The highest BCUT2D eigenvalue weighted by atomic mass is 16.7. The van der Waals surface area contributed by atoms with E-state index in [2.05, 4.69) is 38.2 Å². The molecule has 2 atom stereocenters. The van der Waals surface area contributed by atoms with Crippen LogP contribution in [-0.4, -0.2) is 82.3 Å². The van der Waals surface area contributed by atoms with E-state index in [0.717, 1.165) is 57.8 Å². The number of carbonyl (C=O) groups excluding carboxylic acids is 3. The van der Waals surface area contributed by atoms with Crippen molar-refractivity contribution < 1.29 is 42.9 Å². The Hall–Kier alpha value is -2.23. The van der Waals surface area contributed by atoms with Crippen molar-refractivity contribution in [2.45, 2.75) is 328 Å². The Kier molecular flexibility index (Phi) is 55.2.